The quantitative estimate of drug-likeness (QED) is 0.248. The molecule has 0 fully saturated rings. The number of hydrogen-bond acceptors (Lipinski definition) is 4. The van der Waals surface area contributed by atoms with Gasteiger partial charge in [0, 0.05) is 12.0 Å². The predicted octanol–water partition coefficient (Wildman–Crippen LogP) is 0.497. The van der Waals surface area contributed by atoms with Gasteiger partial charge in [0.25, 0.3) is 0 Å². The van der Waals surface area contributed by atoms with Crippen LogP contribution in [0.1, 0.15) is 33.1 Å². The third-order valence-electron chi connectivity index (χ3n) is 3.96. The number of hydrogen-bond donors (Lipinski definition) is 5. The fraction of sp³-hybridized carbons (Fsp3) is 0.562. The summed E-state index contributed by atoms with van der Waals surface area (Å²) < 4.78 is 6.00. The van der Waals surface area contributed by atoms with Gasteiger partial charge in [-0.25, -0.2) is 4.79 Å². The number of carbonyl (C=O) groups excluding carboxylic acids is 1. The molecule has 8 nitrogen and oxygen atoms in total. The van der Waals surface area contributed by atoms with Crippen LogP contribution in [0.5, 0.6) is 0 Å². The van der Waals surface area contributed by atoms with E-state index in [0.29, 0.717) is 0 Å². The summed E-state index contributed by atoms with van der Waals surface area (Å²) in [7, 11) is 0. The summed E-state index contributed by atoms with van der Waals surface area (Å²) in [6, 6.07) is -1.13. The van der Waals surface area contributed by atoms with Crippen molar-refractivity contribution in [3.05, 3.63) is 24.3 Å². The predicted molar refractivity (Wildman–Crippen MR) is 90.5 cm³/mol. The van der Waals surface area contributed by atoms with E-state index in [1.165, 1.54) is 6.08 Å². The summed E-state index contributed by atoms with van der Waals surface area (Å²) in [5.74, 6) is -1.76. The van der Waals surface area contributed by atoms with E-state index < -0.39 is 30.1 Å². The van der Waals surface area contributed by atoms with Gasteiger partial charge in [-0.1, -0.05) is 20.4 Å². The van der Waals surface area contributed by atoms with E-state index in [4.69, 9.17) is 15.9 Å². The average Bonchev–Trinajstić information content (AvgIpc) is 2.53. The van der Waals surface area contributed by atoms with Gasteiger partial charge in [-0.15, -0.1) is 0 Å². The molecule has 0 aromatic heterocycles. The molecule has 6 N–H and O–H groups in total. The van der Waals surface area contributed by atoms with E-state index in [-0.39, 0.29) is 24.1 Å². The maximum Gasteiger partial charge on any atom is 0.331 e. The summed E-state index contributed by atoms with van der Waals surface area (Å²) in [5.41, 5.74) is 5.56. The zero-order chi connectivity index (χ0) is 18.3. The van der Waals surface area contributed by atoms with Crippen LogP contribution in [-0.4, -0.2) is 47.2 Å². The number of nitrogens with two attached hydrogens (primary N) is 1. The molecule has 0 aromatic rings. The van der Waals surface area contributed by atoms with Crippen LogP contribution >= 0.6 is 0 Å². The van der Waals surface area contributed by atoms with Crippen LogP contribution < -0.4 is 16.4 Å². The molecule has 0 saturated carbocycles. The van der Waals surface area contributed by atoms with Crippen molar-refractivity contribution in [1.29, 1.82) is 5.41 Å². The number of ether oxygens (including phenoxy) is 1. The normalized spacial score (nSPS) is 23.3. The summed E-state index contributed by atoms with van der Waals surface area (Å²) in [4.78, 5) is 23.2. The van der Waals surface area contributed by atoms with E-state index in [0.717, 1.165) is 18.9 Å². The monoisotopic (exact) mass is 338 g/mol. The molecule has 1 aliphatic carbocycles. The smallest absolute Gasteiger partial charge is 0.331 e. The van der Waals surface area contributed by atoms with Crippen molar-refractivity contribution in [3.63, 3.8) is 0 Å². The second kappa shape index (κ2) is 9.07. The number of rotatable bonds is 8. The first kappa shape index (κ1) is 19.7. The third kappa shape index (κ3) is 5.38. The molecule has 8 heteroatoms. The Morgan fingerprint density at radius 1 is 1.50 bits per heavy atom. The van der Waals surface area contributed by atoms with Gasteiger partial charge in [0.1, 0.15) is 0 Å². The van der Waals surface area contributed by atoms with E-state index in [1.807, 2.05) is 13.8 Å². The Kier molecular flexibility index (Phi) is 7.44. The molecule has 0 saturated heterocycles. The van der Waals surface area contributed by atoms with Crippen molar-refractivity contribution in [2.75, 3.05) is 0 Å². The number of carbonyl (C=O) groups is 2. The maximum atomic E-state index is 11.8. The largest absolute Gasteiger partial charge is 0.478 e. The lowest BCUT2D eigenvalue weighted by atomic mass is 9.87. The molecule has 0 spiro atoms. The first-order chi connectivity index (χ1) is 11.3. The van der Waals surface area contributed by atoms with Gasteiger partial charge in [0.2, 0.25) is 5.91 Å². The molecule has 0 unspecified atom stereocenters. The van der Waals surface area contributed by atoms with E-state index in [9.17, 15) is 14.7 Å². The topological polar surface area (TPSA) is 138 Å². The minimum Gasteiger partial charge on any atom is -0.478 e. The highest BCUT2D eigenvalue weighted by atomic mass is 16.5. The highest BCUT2D eigenvalue weighted by Gasteiger charge is 2.37. The number of nitrogens with one attached hydrogen (secondary N) is 3. The van der Waals surface area contributed by atoms with Crippen LogP contribution in [0.25, 0.3) is 0 Å². The van der Waals surface area contributed by atoms with Crippen molar-refractivity contribution in [1.82, 2.24) is 10.6 Å². The van der Waals surface area contributed by atoms with Crippen LogP contribution in [0.15, 0.2) is 24.3 Å². The lowest BCUT2D eigenvalue weighted by molar-refractivity contribution is -0.133. The van der Waals surface area contributed by atoms with Gasteiger partial charge in [-0.2, -0.15) is 0 Å². The Morgan fingerprint density at radius 3 is 2.58 bits per heavy atom. The number of amides is 1. The van der Waals surface area contributed by atoms with Crippen molar-refractivity contribution in [2.24, 2.45) is 5.73 Å². The van der Waals surface area contributed by atoms with Gasteiger partial charge in [-0.3, -0.25) is 10.2 Å². The second-order valence-electron chi connectivity index (χ2n) is 5.64. The van der Waals surface area contributed by atoms with Crippen molar-refractivity contribution in [2.45, 2.75) is 57.4 Å². The highest BCUT2D eigenvalue weighted by molar-refractivity contribution is 5.89. The van der Waals surface area contributed by atoms with Gasteiger partial charge in [0.15, 0.2) is 5.96 Å². The van der Waals surface area contributed by atoms with Gasteiger partial charge in [0.05, 0.1) is 24.3 Å². The Balaban J connectivity index is 3.16. The first-order valence-electron chi connectivity index (χ1n) is 7.95. The lowest BCUT2D eigenvalue weighted by Gasteiger charge is -2.38. The Bertz CT molecular complexity index is 528. The minimum atomic E-state index is -1.06. The summed E-state index contributed by atoms with van der Waals surface area (Å²) in [5, 5.41) is 22.2. The van der Waals surface area contributed by atoms with Crippen molar-refractivity contribution < 1.29 is 19.4 Å². The molecule has 1 amide bonds. The molecule has 3 atom stereocenters. The molecule has 0 heterocycles. The fourth-order valence-corrected chi connectivity index (χ4v) is 2.70. The van der Waals surface area contributed by atoms with E-state index >= 15 is 0 Å². The molecule has 1 rings (SSSR count). The second-order valence-corrected chi connectivity index (χ2v) is 5.64. The van der Waals surface area contributed by atoms with Gasteiger partial charge < -0.3 is 26.2 Å². The number of aliphatic carboxylic acids is 1. The number of carboxylic acid groups (broad SMARTS) is 1. The zero-order valence-electron chi connectivity index (χ0n) is 14.0. The molecular weight excluding hydrogens is 312 g/mol. The van der Waals surface area contributed by atoms with Crippen LogP contribution in [0, 0.1) is 5.41 Å². The molecule has 0 radical (unpaired) electrons. The van der Waals surface area contributed by atoms with Crippen LogP contribution in [0.2, 0.25) is 0 Å². The summed E-state index contributed by atoms with van der Waals surface area (Å²) in [6.45, 7) is 7.37. The molecule has 1 aliphatic rings. The molecule has 0 bridgehead atoms. The van der Waals surface area contributed by atoms with Crippen LogP contribution in [-0.2, 0) is 14.3 Å². The Morgan fingerprint density at radius 2 is 2.12 bits per heavy atom. The average molecular weight is 338 g/mol. The Labute approximate surface area is 141 Å². The van der Waals surface area contributed by atoms with Crippen molar-refractivity contribution in [3.8, 4) is 0 Å². The fourth-order valence-electron chi connectivity index (χ4n) is 2.70. The van der Waals surface area contributed by atoms with Crippen LogP contribution in [0.4, 0.5) is 0 Å². The van der Waals surface area contributed by atoms with E-state index in [2.05, 4.69) is 17.2 Å². The molecular formula is C16H26N4O4. The third-order valence-corrected chi connectivity index (χ3v) is 3.96. The Hall–Kier alpha value is -2.35. The zero-order valence-corrected chi connectivity index (χ0v) is 14.0. The molecule has 134 valence electrons. The summed E-state index contributed by atoms with van der Waals surface area (Å²) >= 11 is 0. The number of guanidine groups is 1. The molecule has 0 aromatic carbocycles. The van der Waals surface area contributed by atoms with E-state index in [1.54, 1.807) is 0 Å². The van der Waals surface area contributed by atoms with Gasteiger partial charge >= 0.3 is 5.97 Å². The van der Waals surface area contributed by atoms with Crippen LogP contribution in [0.3, 0.4) is 0 Å². The van der Waals surface area contributed by atoms with Gasteiger partial charge in [-0.05, 0) is 25.0 Å². The summed E-state index contributed by atoms with van der Waals surface area (Å²) in [6.07, 6.45) is 3.57. The first-order valence-corrected chi connectivity index (χ1v) is 7.95. The number of carboxylic acids is 1. The standard InChI is InChI=1S/C16H26N4O4/c1-4-10(5-2)24-12-8-9(15(22)23)7-11(19-16(17)18)14(12)20-13(21)6-3/h6,8,10-12,14H,3-5,7H2,1-2H3,(H,20,21)(H,22,23)(H4,17,18,19)/t11-,12+,14+/m0/s1. The van der Waals surface area contributed by atoms with Crippen molar-refractivity contribution >= 4 is 17.8 Å². The minimum absolute atomic E-state index is 0.0690. The highest BCUT2D eigenvalue weighted by Crippen LogP contribution is 2.24. The SMILES string of the molecule is C=CC(=O)N[C@@H]1[C@@H](NC(=N)N)CC(C(=O)O)=C[C@H]1OC(CC)CC. The molecule has 0 aliphatic heterocycles. The molecule has 24 heavy (non-hydrogen) atoms. The lowest BCUT2D eigenvalue weighted by Crippen LogP contribution is -2.60. The maximum absolute atomic E-state index is 11.8.